The van der Waals surface area contributed by atoms with Crippen LogP contribution in [0.3, 0.4) is 0 Å². The summed E-state index contributed by atoms with van der Waals surface area (Å²) in [7, 11) is 0. The van der Waals surface area contributed by atoms with Crippen LogP contribution >= 0.6 is 0 Å². The maximum Gasteiger partial charge on any atom is 0.245 e. The van der Waals surface area contributed by atoms with Crippen LogP contribution in [0.2, 0.25) is 0 Å². The highest BCUT2D eigenvalue weighted by Crippen LogP contribution is 2.15. The molecule has 0 radical (unpaired) electrons. The van der Waals surface area contributed by atoms with Gasteiger partial charge in [-0.1, -0.05) is 75.7 Å². The highest BCUT2D eigenvalue weighted by molar-refractivity contribution is 5.98. The Labute approximate surface area is 479 Å². The second-order valence-electron chi connectivity index (χ2n) is 22.7. The van der Waals surface area contributed by atoms with Crippen molar-refractivity contribution in [2.24, 2.45) is 69.0 Å². The molecule has 0 aromatic heterocycles. The number of nitrogens with zero attached hydrogens (tertiary/aromatic N) is 1. The third-order valence-corrected chi connectivity index (χ3v) is 13.2. The number of guanidine groups is 1. The molecule has 0 heterocycles. The molecule has 81 heavy (non-hydrogen) atoms. The van der Waals surface area contributed by atoms with Gasteiger partial charge in [-0.2, -0.15) is 0 Å². The molecule has 0 fully saturated rings. The summed E-state index contributed by atoms with van der Waals surface area (Å²) >= 11 is 0. The Kier molecular flexibility index (Phi) is 37.0. The Hall–Kier alpha value is -6.19. The number of aliphatic hydroxyl groups is 1. The Morgan fingerprint density at radius 2 is 0.728 bits per heavy atom. The fourth-order valence-electron chi connectivity index (χ4n) is 8.60. The summed E-state index contributed by atoms with van der Waals surface area (Å²) in [5.41, 5.74) is 33.8. The second kappa shape index (κ2) is 40.1. The van der Waals surface area contributed by atoms with E-state index in [1.807, 2.05) is 55.4 Å². The Balaban J connectivity index is 7.03. The minimum absolute atomic E-state index is 0.00517. The molecular formula is C54H104N16O11. The number of nitrogens with two attached hydrogens (primary N) is 6. The van der Waals surface area contributed by atoms with Gasteiger partial charge in [-0.25, -0.2) is 0 Å². The van der Waals surface area contributed by atoms with E-state index in [9.17, 15) is 53.1 Å². The fraction of sp³-hybridized carbons (Fsp3) is 0.796. The zero-order valence-electron chi connectivity index (χ0n) is 50.1. The molecule has 466 valence electrons. The van der Waals surface area contributed by atoms with Crippen LogP contribution in [-0.4, -0.2) is 157 Å². The quantitative estimate of drug-likeness (QED) is 0.0174. The lowest BCUT2D eigenvalue weighted by molar-refractivity contribution is -0.137. The molecule has 11 atom stereocenters. The van der Waals surface area contributed by atoms with E-state index < -0.39 is 125 Å². The summed E-state index contributed by atoms with van der Waals surface area (Å²) in [6, 6.07) is -11.2. The SMILES string of the molecule is CC[C@H](C)[C@H](NC(=O)[C@H](CCCN=C(N)N)NC(=O)[C@@H](CCCCN)NC(=O)[C@H](CC(C)C)NC(=O)[C@H](CC(C)C)NC(=O)CN)C(=O)N[C@@H](CCCCN)C(=O)N[C@@H](C(=O)N[C@@H](CC(C)C)C(=O)N[C@@H](CC(C)C)C(N)=O)[C@@H](C)O. The lowest BCUT2D eigenvalue weighted by atomic mass is 9.96. The molecule has 0 spiro atoms. The summed E-state index contributed by atoms with van der Waals surface area (Å²) in [5.74, 6) is -8.52. The first kappa shape index (κ1) is 74.8. The molecule has 0 unspecified atom stereocenters. The number of hydrogen-bond acceptors (Lipinski definition) is 15. The molecule has 27 nitrogen and oxygen atoms in total. The van der Waals surface area contributed by atoms with E-state index in [1.165, 1.54) is 6.92 Å². The zero-order chi connectivity index (χ0) is 62.1. The highest BCUT2D eigenvalue weighted by atomic mass is 16.3. The van der Waals surface area contributed by atoms with Crippen molar-refractivity contribution in [3.8, 4) is 0 Å². The second-order valence-corrected chi connectivity index (χ2v) is 22.7. The molecule has 10 amide bonds. The van der Waals surface area contributed by atoms with Gasteiger partial charge < -0.3 is 87.4 Å². The number of carbonyl (C=O) groups excluding carboxylic acids is 10. The maximum absolute atomic E-state index is 14.5. The molecule has 0 bridgehead atoms. The van der Waals surface area contributed by atoms with E-state index in [0.29, 0.717) is 32.1 Å². The van der Waals surface area contributed by atoms with Gasteiger partial charge in [0.25, 0.3) is 0 Å². The van der Waals surface area contributed by atoms with Crippen molar-refractivity contribution in [1.82, 2.24) is 47.9 Å². The number of primary amides is 1. The van der Waals surface area contributed by atoms with Crippen molar-refractivity contribution in [3.05, 3.63) is 0 Å². The van der Waals surface area contributed by atoms with Crippen LogP contribution in [0.5, 0.6) is 0 Å². The smallest absolute Gasteiger partial charge is 0.245 e. The third-order valence-electron chi connectivity index (χ3n) is 13.2. The van der Waals surface area contributed by atoms with Crippen LogP contribution in [0.15, 0.2) is 4.99 Å². The number of carbonyl (C=O) groups is 10. The number of amides is 10. The lowest BCUT2D eigenvalue weighted by Crippen LogP contribution is -2.62. The molecule has 0 rings (SSSR count). The summed E-state index contributed by atoms with van der Waals surface area (Å²) in [4.78, 5) is 141. The van der Waals surface area contributed by atoms with E-state index in [0.717, 1.165) is 0 Å². The first-order valence-electron chi connectivity index (χ1n) is 28.8. The zero-order valence-corrected chi connectivity index (χ0v) is 50.1. The number of hydrogen-bond donors (Lipinski definition) is 16. The number of unbranched alkanes of at least 4 members (excludes halogenated alkanes) is 2. The predicted molar refractivity (Wildman–Crippen MR) is 310 cm³/mol. The monoisotopic (exact) mass is 1150 g/mol. The van der Waals surface area contributed by atoms with Crippen LogP contribution in [-0.2, 0) is 47.9 Å². The van der Waals surface area contributed by atoms with E-state index in [2.05, 4.69) is 52.8 Å². The Morgan fingerprint density at radius 3 is 1.10 bits per heavy atom. The highest BCUT2D eigenvalue weighted by Gasteiger charge is 2.37. The molecule has 27 heteroatoms. The van der Waals surface area contributed by atoms with E-state index >= 15 is 0 Å². The topological polar surface area (TPSA) is 468 Å². The molecule has 0 aliphatic heterocycles. The molecule has 0 saturated carbocycles. The van der Waals surface area contributed by atoms with Crippen molar-refractivity contribution in [3.63, 3.8) is 0 Å². The molecule has 0 aliphatic rings. The van der Waals surface area contributed by atoms with E-state index in [-0.39, 0.29) is 107 Å². The minimum atomic E-state index is -1.63. The van der Waals surface area contributed by atoms with E-state index in [1.54, 1.807) is 13.8 Å². The number of aliphatic imine (C=N–C) groups is 1. The van der Waals surface area contributed by atoms with Gasteiger partial charge in [0.05, 0.1) is 12.6 Å². The standard InChI is InChI=1S/C54H104N16O11/c1-12-33(10)43(52(80)65-36(19-14-16-22-56)48(76)70-44(34(11)71)53(81)68-41(27-32(8)9)51(79)66-38(45(58)73)24-29(2)3)69-47(75)37(20-17-23-61-54(59)60)63-46(74)35(18-13-15-21-55)64-50(78)40(26-31(6)7)67-49(77)39(25-30(4)5)62-42(72)28-57/h29-41,43-44,71H,12-28,55-57H2,1-11H3,(H2,58,73)(H,62,72)(H,63,74)(H,64,78)(H,65,80)(H,66,79)(H,67,77)(H,68,81)(H,69,75)(H,70,76)(H4,59,60,61)/t33-,34+,35+,36-,37-,38-,39-,40-,41-,43-,44+/m0/s1. The largest absolute Gasteiger partial charge is 0.391 e. The fourth-order valence-corrected chi connectivity index (χ4v) is 8.60. The van der Waals surface area contributed by atoms with Crippen molar-refractivity contribution in [2.75, 3.05) is 26.2 Å². The van der Waals surface area contributed by atoms with Gasteiger partial charge in [0.1, 0.15) is 54.4 Å². The van der Waals surface area contributed by atoms with Crippen LogP contribution in [0.25, 0.3) is 0 Å². The predicted octanol–water partition coefficient (Wildman–Crippen LogP) is -2.28. The summed E-state index contributed by atoms with van der Waals surface area (Å²) in [6.45, 7) is 19.7. The molecule has 22 N–H and O–H groups in total. The molecule has 0 aromatic carbocycles. The molecule has 0 aromatic rings. The maximum atomic E-state index is 14.5. The minimum Gasteiger partial charge on any atom is -0.391 e. The number of aliphatic hydroxyl groups excluding tert-OH is 1. The average Bonchev–Trinajstić information content (AvgIpc) is 3.37. The Morgan fingerprint density at radius 1 is 0.407 bits per heavy atom. The molecule has 0 aliphatic carbocycles. The molecular weight excluding hydrogens is 1050 g/mol. The van der Waals surface area contributed by atoms with Gasteiger partial charge in [-0.3, -0.25) is 52.9 Å². The molecule has 0 saturated heterocycles. The first-order valence-corrected chi connectivity index (χ1v) is 28.8. The van der Waals surface area contributed by atoms with Crippen molar-refractivity contribution < 1.29 is 53.1 Å². The third kappa shape index (κ3) is 31.0. The van der Waals surface area contributed by atoms with Crippen LogP contribution in [0.4, 0.5) is 0 Å². The lowest BCUT2D eigenvalue weighted by Gasteiger charge is -2.30. The van der Waals surface area contributed by atoms with Crippen molar-refractivity contribution in [2.45, 2.75) is 220 Å². The van der Waals surface area contributed by atoms with Gasteiger partial charge in [0, 0.05) is 6.54 Å². The summed E-state index contributed by atoms with van der Waals surface area (Å²) in [6.07, 6.45) is 1.45. The van der Waals surface area contributed by atoms with Crippen LogP contribution in [0.1, 0.15) is 160 Å². The average molecular weight is 1150 g/mol. The van der Waals surface area contributed by atoms with Crippen molar-refractivity contribution in [1.29, 1.82) is 0 Å². The van der Waals surface area contributed by atoms with Gasteiger partial charge in [0.2, 0.25) is 59.1 Å². The van der Waals surface area contributed by atoms with Gasteiger partial charge >= 0.3 is 0 Å². The van der Waals surface area contributed by atoms with Crippen LogP contribution in [0, 0.1) is 29.6 Å². The van der Waals surface area contributed by atoms with E-state index in [4.69, 9.17) is 34.4 Å². The first-order chi connectivity index (χ1) is 37.9. The van der Waals surface area contributed by atoms with Crippen LogP contribution < -0.4 is 82.3 Å². The summed E-state index contributed by atoms with van der Waals surface area (Å²) in [5, 5.41) is 35.0. The van der Waals surface area contributed by atoms with Gasteiger partial charge in [-0.05, 0) is 127 Å². The Bertz CT molecular complexity index is 2020. The number of nitrogens with one attached hydrogen (secondary N) is 9. The van der Waals surface area contributed by atoms with Gasteiger partial charge in [0.15, 0.2) is 5.96 Å². The normalized spacial score (nSPS) is 15.5. The summed E-state index contributed by atoms with van der Waals surface area (Å²) < 4.78 is 0. The van der Waals surface area contributed by atoms with Gasteiger partial charge in [-0.15, -0.1) is 0 Å². The number of rotatable bonds is 42. The van der Waals surface area contributed by atoms with Crippen molar-refractivity contribution >= 4 is 65.0 Å².